The molecule has 1 aliphatic heterocycles. The molecule has 1 heterocycles. The molecule has 3 aliphatic rings. The van der Waals surface area contributed by atoms with Crippen molar-refractivity contribution in [2.75, 3.05) is 0 Å². The Morgan fingerprint density at radius 3 is 1.69 bits per heavy atom. The van der Waals surface area contributed by atoms with E-state index in [9.17, 15) is 0 Å². The van der Waals surface area contributed by atoms with Crippen LogP contribution in [0, 0.1) is 5.92 Å². The van der Waals surface area contributed by atoms with Gasteiger partial charge in [0.25, 0.3) is 0 Å². The van der Waals surface area contributed by atoms with Crippen LogP contribution in [0.25, 0.3) is 22.8 Å². The summed E-state index contributed by atoms with van der Waals surface area (Å²) in [6, 6.07) is 35.7. The Balaban J connectivity index is 1.35. The van der Waals surface area contributed by atoms with Crippen LogP contribution in [0.3, 0.4) is 0 Å². The second-order valence-corrected chi connectivity index (χ2v) is 27.9. The first kappa shape index (κ1) is 30.9. The molecule has 2 atom stereocenters. The molecule has 0 amide bonds. The van der Waals surface area contributed by atoms with Gasteiger partial charge in [-0.25, -0.2) is 0 Å². The van der Waals surface area contributed by atoms with E-state index < -0.39 is 20.3 Å². The predicted octanol–water partition coefficient (Wildman–Crippen LogP) is 12.6. The van der Waals surface area contributed by atoms with Gasteiger partial charge in [-0.1, -0.05) is 0 Å². The molecule has 2 aliphatic carbocycles. The van der Waals surface area contributed by atoms with Gasteiger partial charge in [-0.3, -0.25) is 0 Å². The average molecular weight is 670 g/mol. The summed E-state index contributed by atoms with van der Waals surface area (Å²) in [6.07, 6.45) is 2.58. The standard InChI is InChI=1S/C22H25.C20H21.C2H4.Zr/c1-15(2)20-14-17-8-6-7-9-19(17)21(20)16-10-12-18(13-11-16)22(3,4)5;1-14-12-16-6-5-7-18(19(16)13-14)15-8-10-17(11-9-15)20(2,3)4;1-2;/h6-15H,1-5H3;5-13H,1-4H3;1-2H2;. The van der Waals surface area contributed by atoms with E-state index in [0.717, 1.165) is 0 Å². The molecule has 0 aromatic heterocycles. The van der Waals surface area contributed by atoms with Gasteiger partial charge >= 0.3 is 279 Å². The van der Waals surface area contributed by atoms with Gasteiger partial charge in [0.15, 0.2) is 0 Å². The van der Waals surface area contributed by atoms with Crippen molar-refractivity contribution in [2.45, 2.75) is 88.7 Å². The summed E-state index contributed by atoms with van der Waals surface area (Å²) in [6.45, 7) is 21.2. The number of hydrogen-bond donors (Lipinski definition) is 0. The van der Waals surface area contributed by atoms with E-state index in [1.165, 1.54) is 47.2 Å². The van der Waals surface area contributed by atoms with Crippen molar-refractivity contribution in [1.82, 2.24) is 0 Å². The monoisotopic (exact) mass is 668 g/mol. The van der Waals surface area contributed by atoms with E-state index >= 15 is 0 Å². The molecule has 1 fully saturated rings. The Kier molecular flexibility index (Phi) is 7.49. The summed E-state index contributed by atoms with van der Waals surface area (Å²) < 4.78 is 4.26. The molecule has 0 nitrogen and oxygen atoms in total. The van der Waals surface area contributed by atoms with Crippen LogP contribution in [0.5, 0.6) is 0 Å². The Bertz CT molecular complexity index is 1830. The van der Waals surface area contributed by atoms with E-state index in [0.29, 0.717) is 13.2 Å². The molecule has 45 heavy (non-hydrogen) atoms. The second kappa shape index (κ2) is 10.9. The normalized spacial score (nSPS) is 20.4. The van der Waals surface area contributed by atoms with Crippen molar-refractivity contribution in [3.05, 3.63) is 141 Å². The first-order valence-electron chi connectivity index (χ1n) is 17.2. The van der Waals surface area contributed by atoms with E-state index in [4.69, 9.17) is 0 Å². The molecule has 0 radical (unpaired) electrons. The third-order valence-corrected chi connectivity index (χ3v) is 24.3. The van der Waals surface area contributed by atoms with Crippen LogP contribution in [0.2, 0.25) is 8.26 Å². The molecule has 2 unspecified atom stereocenters. The molecule has 0 saturated carbocycles. The van der Waals surface area contributed by atoms with Gasteiger partial charge in [0.05, 0.1) is 0 Å². The van der Waals surface area contributed by atoms with E-state index in [1.54, 1.807) is 27.8 Å². The van der Waals surface area contributed by atoms with Gasteiger partial charge in [0.1, 0.15) is 0 Å². The summed E-state index contributed by atoms with van der Waals surface area (Å²) in [5, 5.41) is 0. The van der Waals surface area contributed by atoms with Crippen LogP contribution in [0.15, 0.2) is 102 Å². The molecule has 0 N–H and O–H groups in total. The van der Waals surface area contributed by atoms with Gasteiger partial charge in [-0.2, -0.15) is 0 Å². The fourth-order valence-corrected chi connectivity index (χ4v) is 26.7. The number of fused-ring (bicyclic) bond motifs is 2. The van der Waals surface area contributed by atoms with Crippen molar-refractivity contribution < 1.29 is 20.3 Å². The summed E-state index contributed by atoms with van der Waals surface area (Å²) in [4.78, 5) is 0. The zero-order chi connectivity index (χ0) is 31.9. The molecule has 7 rings (SSSR count). The molecule has 4 aromatic carbocycles. The zero-order valence-electron chi connectivity index (χ0n) is 28.9. The molecule has 4 aromatic rings. The van der Waals surface area contributed by atoms with Crippen LogP contribution >= 0.6 is 0 Å². The van der Waals surface area contributed by atoms with Crippen LogP contribution in [-0.2, 0) is 31.1 Å². The minimum atomic E-state index is -2.80. The van der Waals surface area contributed by atoms with Crippen LogP contribution in [-0.4, -0.2) is 0 Å². The molecule has 0 spiro atoms. The Labute approximate surface area is 277 Å². The molecule has 1 saturated heterocycles. The van der Waals surface area contributed by atoms with E-state index in [-0.39, 0.29) is 10.8 Å². The number of benzene rings is 4. The summed E-state index contributed by atoms with van der Waals surface area (Å²) in [7, 11) is 0. The first-order chi connectivity index (χ1) is 21.3. The third-order valence-electron chi connectivity index (χ3n) is 11.1. The quantitative estimate of drug-likeness (QED) is 0.198. The van der Waals surface area contributed by atoms with Gasteiger partial charge in [-0.15, -0.1) is 0 Å². The summed E-state index contributed by atoms with van der Waals surface area (Å²) >= 11 is -2.80. The molecular weight excluding hydrogens is 620 g/mol. The first-order valence-corrected chi connectivity index (χ1v) is 23.5. The molecule has 0 bridgehead atoms. The third kappa shape index (κ3) is 5.13. The predicted molar refractivity (Wildman–Crippen MR) is 192 cm³/mol. The van der Waals surface area contributed by atoms with Crippen molar-refractivity contribution >= 4 is 11.6 Å². The second-order valence-electron chi connectivity index (χ2n) is 16.5. The maximum absolute atomic E-state index is 2.80. The minimum absolute atomic E-state index is 0.158. The van der Waals surface area contributed by atoms with Crippen molar-refractivity contribution in [2.24, 2.45) is 5.92 Å². The van der Waals surface area contributed by atoms with Crippen LogP contribution in [0.1, 0.15) is 109 Å². The summed E-state index contributed by atoms with van der Waals surface area (Å²) in [5.41, 5.74) is 18.5. The average Bonchev–Trinajstić information content (AvgIpc) is 3.58. The van der Waals surface area contributed by atoms with Gasteiger partial charge in [0, 0.05) is 0 Å². The van der Waals surface area contributed by atoms with Gasteiger partial charge in [-0.05, 0) is 0 Å². The summed E-state index contributed by atoms with van der Waals surface area (Å²) in [5.74, 6) is 0.520. The topological polar surface area (TPSA) is 0 Å². The van der Waals surface area contributed by atoms with E-state index in [2.05, 4.69) is 159 Å². The fraction of sp³-hybridized carbons (Fsp3) is 0.364. The molecule has 230 valence electrons. The SMILES string of the molecule is CC1=Cc2c(-c3ccc(C(C)(C)C)cc3)cccc2[CH]1[Zr]1([CH]2C(C(C)C)=C(c3ccc(C(C)(C)C)cc3)c3ccccc32)[CH2][CH2]1. The van der Waals surface area contributed by atoms with Crippen LogP contribution in [0.4, 0.5) is 0 Å². The Hall–Kier alpha value is -2.76. The fourth-order valence-electron chi connectivity index (χ4n) is 8.75. The van der Waals surface area contributed by atoms with Crippen LogP contribution < -0.4 is 0 Å². The molecular formula is C44H50Zr. The number of hydrogen-bond acceptors (Lipinski definition) is 0. The molecule has 1 heteroatoms. The van der Waals surface area contributed by atoms with Gasteiger partial charge < -0.3 is 0 Å². The van der Waals surface area contributed by atoms with Crippen molar-refractivity contribution in [3.63, 3.8) is 0 Å². The van der Waals surface area contributed by atoms with Gasteiger partial charge in [0.2, 0.25) is 0 Å². The Morgan fingerprint density at radius 2 is 1.13 bits per heavy atom. The number of allylic oxidation sites excluding steroid dienone is 2. The number of rotatable bonds is 5. The maximum atomic E-state index is 2.58. The van der Waals surface area contributed by atoms with Crippen molar-refractivity contribution in [1.29, 1.82) is 0 Å². The van der Waals surface area contributed by atoms with Crippen molar-refractivity contribution in [3.8, 4) is 11.1 Å². The van der Waals surface area contributed by atoms with E-state index in [1.807, 2.05) is 0 Å². The Morgan fingerprint density at radius 1 is 0.600 bits per heavy atom. The zero-order valence-corrected chi connectivity index (χ0v) is 31.3.